The van der Waals surface area contributed by atoms with Crippen molar-refractivity contribution in [3.8, 4) is 0 Å². The van der Waals surface area contributed by atoms with Crippen LogP contribution < -0.4 is 5.32 Å². The molecule has 0 bridgehead atoms. The van der Waals surface area contributed by atoms with Gasteiger partial charge in [0, 0.05) is 25.3 Å². The number of hydrogen-bond donors (Lipinski definition) is 1. The third kappa shape index (κ3) is 3.27. The normalized spacial score (nSPS) is 21.3. The average molecular weight is 284 g/mol. The lowest BCUT2D eigenvalue weighted by molar-refractivity contribution is 0.195. The van der Waals surface area contributed by atoms with Crippen molar-refractivity contribution in [2.45, 2.75) is 25.4 Å². The van der Waals surface area contributed by atoms with Crippen molar-refractivity contribution >= 4 is 15.9 Å². The van der Waals surface area contributed by atoms with Crippen molar-refractivity contribution in [2.75, 3.05) is 20.1 Å². The largest absolute Gasteiger partial charge is 0.315 e. The molecule has 88 valence electrons. The lowest BCUT2D eigenvalue weighted by Gasteiger charge is -2.31. The Morgan fingerprint density at radius 3 is 3.06 bits per heavy atom. The third-order valence-corrected chi connectivity index (χ3v) is 3.58. The van der Waals surface area contributed by atoms with E-state index in [4.69, 9.17) is 0 Å². The lowest BCUT2D eigenvalue weighted by Crippen LogP contribution is -2.43. The summed E-state index contributed by atoms with van der Waals surface area (Å²) in [5, 5.41) is 3.45. The van der Waals surface area contributed by atoms with Crippen LogP contribution in [-0.4, -0.2) is 36.1 Å². The first-order valence-corrected chi connectivity index (χ1v) is 6.56. The molecule has 0 aliphatic carbocycles. The highest BCUT2D eigenvalue weighted by molar-refractivity contribution is 9.10. The van der Waals surface area contributed by atoms with Gasteiger partial charge < -0.3 is 5.32 Å². The van der Waals surface area contributed by atoms with Gasteiger partial charge in [-0.3, -0.25) is 4.90 Å². The summed E-state index contributed by atoms with van der Waals surface area (Å²) in [5.74, 6) is 0. The van der Waals surface area contributed by atoms with Gasteiger partial charge in [-0.1, -0.05) is 6.07 Å². The fourth-order valence-electron chi connectivity index (χ4n) is 2.13. The van der Waals surface area contributed by atoms with Crippen molar-refractivity contribution in [1.29, 1.82) is 0 Å². The molecule has 1 N–H and O–H groups in total. The minimum atomic E-state index is 0.664. The minimum Gasteiger partial charge on any atom is -0.315 e. The summed E-state index contributed by atoms with van der Waals surface area (Å²) in [6.07, 6.45) is 4.53. The molecule has 3 nitrogen and oxygen atoms in total. The van der Waals surface area contributed by atoms with Gasteiger partial charge in [-0.15, -0.1) is 0 Å². The molecule has 1 aromatic rings. The Bertz CT molecular complexity index is 320. The minimum absolute atomic E-state index is 0.664. The highest BCUT2D eigenvalue weighted by Gasteiger charge is 2.17. The molecule has 1 atom stereocenters. The van der Waals surface area contributed by atoms with Crippen LogP contribution >= 0.6 is 15.9 Å². The molecule has 0 spiro atoms. The van der Waals surface area contributed by atoms with Gasteiger partial charge in [-0.2, -0.15) is 0 Å². The van der Waals surface area contributed by atoms with Crippen molar-refractivity contribution in [1.82, 2.24) is 15.2 Å². The molecule has 0 saturated carbocycles. The Kier molecular flexibility index (Phi) is 4.32. The van der Waals surface area contributed by atoms with E-state index in [1.807, 2.05) is 12.3 Å². The van der Waals surface area contributed by atoms with Crippen molar-refractivity contribution in [2.24, 2.45) is 0 Å². The molecule has 1 aliphatic rings. The number of rotatable bonds is 3. The zero-order valence-electron chi connectivity index (χ0n) is 9.62. The maximum absolute atomic E-state index is 4.25. The molecule has 1 fully saturated rings. The number of likely N-dealkylation sites (N-methyl/N-ethyl adjacent to an activating group) is 1. The Morgan fingerprint density at radius 1 is 1.56 bits per heavy atom. The first-order valence-electron chi connectivity index (χ1n) is 5.77. The number of nitrogens with one attached hydrogen (secondary N) is 1. The molecule has 0 amide bonds. The molecule has 0 radical (unpaired) electrons. The number of hydrogen-bond acceptors (Lipinski definition) is 3. The molecule has 1 aliphatic heterocycles. The molecule has 4 heteroatoms. The molecule has 0 unspecified atom stereocenters. The second kappa shape index (κ2) is 5.75. The van der Waals surface area contributed by atoms with Crippen LogP contribution in [0.15, 0.2) is 22.9 Å². The number of aromatic nitrogens is 1. The first kappa shape index (κ1) is 12.0. The van der Waals surface area contributed by atoms with E-state index in [1.54, 1.807) is 0 Å². The van der Waals surface area contributed by atoms with Crippen LogP contribution in [0.3, 0.4) is 0 Å². The van der Waals surface area contributed by atoms with E-state index in [0.29, 0.717) is 6.04 Å². The molecule has 2 rings (SSSR count). The van der Waals surface area contributed by atoms with Crippen LogP contribution in [0.1, 0.15) is 18.4 Å². The van der Waals surface area contributed by atoms with E-state index in [2.05, 4.69) is 44.2 Å². The maximum Gasteiger partial charge on any atom is 0.106 e. The smallest absolute Gasteiger partial charge is 0.106 e. The Balaban J connectivity index is 1.90. The highest BCUT2D eigenvalue weighted by atomic mass is 79.9. The summed E-state index contributed by atoms with van der Waals surface area (Å²) < 4.78 is 0.901. The third-order valence-electron chi connectivity index (χ3n) is 3.11. The van der Waals surface area contributed by atoms with Crippen molar-refractivity contribution < 1.29 is 0 Å². The molecule has 1 saturated heterocycles. The monoisotopic (exact) mass is 283 g/mol. The first-order chi connectivity index (χ1) is 7.75. The fourth-order valence-corrected chi connectivity index (χ4v) is 2.36. The van der Waals surface area contributed by atoms with E-state index in [1.165, 1.54) is 24.9 Å². The van der Waals surface area contributed by atoms with E-state index in [9.17, 15) is 0 Å². The second-order valence-electron chi connectivity index (χ2n) is 4.40. The van der Waals surface area contributed by atoms with Crippen LogP contribution in [0.5, 0.6) is 0 Å². The van der Waals surface area contributed by atoms with Crippen molar-refractivity contribution in [3.63, 3.8) is 0 Å². The van der Waals surface area contributed by atoms with Crippen LogP contribution in [-0.2, 0) is 6.54 Å². The summed E-state index contributed by atoms with van der Waals surface area (Å²) in [6.45, 7) is 3.26. The zero-order valence-corrected chi connectivity index (χ0v) is 11.2. The highest BCUT2D eigenvalue weighted by Crippen LogP contribution is 2.13. The molecular weight excluding hydrogens is 266 g/mol. The topological polar surface area (TPSA) is 28.2 Å². The maximum atomic E-state index is 4.25. The number of halogens is 1. The van der Waals surface area contributed by atoms with E-state index < -0.39 is 0 Å². The standard InChI is InChI=1S/C12H18BrN3/c1-16(11-3-2-6-14-8-11)9-10-4-5-12(13)15-7-10/h4-5,7,11,14H,2-3,6,8-9H2,1H3/t11-/m0/s1. The Labute approximate surface area is 105 Å². The van der Waals surface area contributed by atoms with Gasteiger partial charge in [0.2, 0.25) is 0 Å². The van der Waals surface area contributed by atoms with Crippen molar-refractivity contribution in [3.05, 3.63) is 28.5 Å². The summed E-state index contributed by atoms with van der Waals surface area (Å²) in [4.78, 5) is 6.67. The van der Waals surface area contributed by atoms with Crippen LogP contribution in [0.25, 0.3) is 0 Å². The van der Waals surface area contributed by atoms with Gasteiger partial charge in [0.05, 0.1) is 0 Å². The zero-order chi connectivity index (χ0) is 11.4. The van der Waals surface area contributed by atoms with Crippen LogP contribution in [0, 0.1) is 0 Å². The average Bonchev–Trinajstić information content (AvgIpc) is 2.33. The SMILES string of the molecule is CN(Cc1ccc(Br)nc1)[C@H]1CCCNC1. The number of piperidine rings is 1. The predicted molar refractivity (Wildman–Crippen MR) is 69.3 cm³/mol. The Morgan fingerprint density at radius 2 is 2.44 bits per heavy atom. The number of pyridine rings is 1. The van der Waals surface area contributed by atoms with Crippen LogP contribution in [0.2, 0.25) is 0 Å². The van der Waals surface area contributed by atoms with Gasteiger partial charge in [0.25, 0.3) is 0 Å². The summed E-state index contributed by atoms with van der Waals surface area (Å²) in [7, 11) is 2.19. The van der Waals surface area contributed by atoms with Gasteiger partial charge in [0.15, 0.2) is 0 Å². The van der Waals surface area contributed by atoms with Gasteiger partial charge >= 0.3 is 0 Å². The van der Waals surface area contributed by atoms with Gasteiger partial charge in [0.1, 0.15) is 4.60 Å². The van der Waals surface area contributed by atoms with E-state index >= 15 is 0 Å². The van der Waals surface area contributed by atoms with Gasteiger partial charge in [-0.25, -0.2) is 4.98 Å². The molecule has 0 aromatic carbocycles. The lowest BCUT2D eigenvalue weighted by atomic mass is 10.1. The summed E-state index contributed by atoms with van der Waals surface area (Å²) >= 11 is 3.35. The number of nitrogens with zero attached hydrogens (tertiary/aromatic N) is 2. The predicted octanol–water partition coefficient (Wildman–Crippen LogP) is 2.03. The molecular formula is C12H18BrN3. The van der Waals surface area contributed by atoms with E-state index in [0.717, 1.165) is 17.7 Å². The van der Waals surface area contributed by atoms with E-state index in [-0.39, 0.29) is 0 Å². The molecule has 16 heavy (non-hydrogen) atoms. The quantitative estimate of drug-likeness (QED) is 0.861. The molecule has 1 aromatic heterocycles. The van der Waals surface area contributed by atoms with Gasteiger partial charge in [-0.05, 0) is 54.0 Å². The Hall–Kier alpha value is -0.450. The van der Waals surface area contributed by atoms with Crippen LogP contribution in [0.4, 0.5) is 0 Å². The second-order valence-corrected chi connectivity index (χ2v) is 5.22. The molecule has 2 heterocycles. The summed E-state index contributed by atoms with van der Waals surface area (Å²) in [6, 6.07) is 4.80. The fraction of sp³-hybridized carbons (Fsp3) is 0.583. The summed E-state index contributed by atoms with van der Waals surface area (Å²) in [5.41, 5.74) is 1.27.